The van der Waals surface area contributed by atoms with E-state index in [0.717, 1.165) is 0 Å². The average Bonchev–Trinajstić information content (AvgIpc) is 2.44. The van der Waals surface area contributed by atoms with E-state index in [1.54, 1.807) is 20.9 Å². The summed E-state index contributed by atoms with van der Waals surface area (Å²) in [6.45, 7) is 3.53. The van der Waals surface area contributed by atoms with Gasteiger partial charge in [0.15, 0.2) is 5.69 Å². The van der Waals surface area contributed by atoms with Crippen molar-refractivity contribution in [2.24, 2.45) is 7.05 Å². The summed E-state index contributed by atoms with van der Waals surface area (Å²) in [5, 5.41) is 22.1. The maximum absolute atomic E-state index is 11.4. The molecule has 0 bridgehead atoms. The van der Waals surface area contributed by atoms with Gasteiger partial charge < -0.3 is 14.8 Å². The molecule has 1 rings (SSSR count). The Morgan fingerprint density at radius 2 is 2.20 bits per heavy atom. The highest BCUT2D eigenvalue weighted by molar-refractivity contribution is 6.60. The van der Waals surface area contributed by atoms with Crippen LogP contribution in [0.1, 0.15) is 23.1 Å². The van der Waals surface area contributed by atoms with Crippen LogP contribution in [-0.2, 0) is 11.8 Å². The van der Waals surface area contributed by atoms with E-state index in [9.17, 15) is 4.79 Å². The minimum Gasteiger partial charge on any atom is -0.461 e. The highest BCUT2D eigenvalue weighted by Crippen LogP contribution is 2.01. The highest BCUT2D eigenvalue weighted by atomic mass is 16.5. The Kier molecular flexibility index (Phi) is 3.49. The lowest BCUT2D eigenvalue weighted by molar-refractivity contribution is 0.0519. The van der Waals surface area contributed by atoms with Crippen LogP contribution < -0.4 is 5.46 Å². The van der Waals surface area contributed by atoms with Gasteiger partial charge in [-0.3, -0.25) is 4.68 Å². The molecule has 0 aliphatic rings. The third-order valence-corrected chi connectivity index (χ3v) is 2.11. The van der Waals surface area contributed by atoms with Gasteiger partial charge >= 0.3 is 13.1 Å². The Morgan fingerprint density at radius 3 is 2.67 bits per heavy atom. The second-order valence-corrected chi connectivity index (χ2v) is 3.07. The maximum Gasteiger partial charge on any atom is 0.492 e. The van der Waals surface area contributed by atoms with Crippen molar-refractivity contribution in [1.82, 2.24) is 9.78 Å². The molecule has 7 heteroatoms. The van der Waals surface area contributed by atoms with E-state index in [1.807, 2.05) is 0 Å². The van der Waals surface area contributed by atoms with Gasteiger partial charge in [-0.2, -0.15) is 5.10 Å². The summed E-state index contributed by atoms with van der Waals surface area (Å²) < 4.78 is 6.15. The molecule has 0 aromatic carbocycles. The molecule has 0 fully saturated rings. The first-order valence-electron chi connectivity index (χ1n) is 4.55. The fraction of sp³-hybridized carbons (Fsp3) is 0.500. The first-order valence-corrected chi connectivity index (χ1v) is 4.55. The van der Waals surface area contributed by atoms with Crippen molar-refractivity contribution in [1.29, 1.82) is 0 Å². The quantitative estimate of drug-likeness (QED) is 0.474. The monoisotopic (exact) mass is 212 g/mol. The van der Waals surface area contributed by atoms with Crippen molar-refractivity contribution in [3.05, 3.63) is 11.4 Å². The number of esters is 1. The molecule has 0 aliphatic heterocycles. The van der Waals surface area contributed by atoms with Crippen LogP contribution in [0.25, 0.3) is 0 Å². The third-order valence-electron chi connectivity index (χ3n) is 2.11. The van der Waals surface area contributed by atoms with Crippen LogP contribution in [0.15, 0.2) is 0 Å². The molecule has 0 saturated carbocycles. The molecule has 1 aromatic heterocycles. The van der Waals surface area contributed by atoms with E-state index < -0.39 is 13.1 Å². The number of ether oxygens (including phenoxy) is 1. The molecule has 0 amide bonds. The summed E-state index contributed by atoms with van der Waals surface area (Å²) in [6.07, 6.45) is 0. The van der Waals surface area contributed by atoms with Crippen LogP contribution >= 0.6 is 0 Å². The number of aromatic nitrogens is 2. The van der Waals surface area contributed by atoms with Crippen molar-refractivity contribution in [3.8, 4) is 0 Å². The van der Waals surface area contributed by atoms with Gasteiger partial charge in [0, 0.05) is 18.2 Å². The van der Waals surface area contributed by atoms with Gasteiger partial charge in [0.05, 0.1) is 6.61 Å². The van der Waals surface area contributed by atoms with E-state index in [4.69, 9.17) is 14.8 Å². The molecule has 82 valence electrons. The van der Waals surface area contributed by atoms with Gasteiger partial charge in [0.1, 0.15) is 0 Å². The zero-order valence-corrected chi connectivity index (χ0v) is 8.89. The van der Waals surface area contributed by atoms with E-state index in [2.05, 4.69) is 5.10 Å². The predicted octanol–water partition coefficient (Wildman–Crippen LogP) is -1.41. The average molecular weight is 212 g/mol. The van der Waals surface area contributed by atoms with Gasteiger partial charge in [-0.15, -0.1) is 0 Å². The highest BCUT2D eigenvalue weighted by Gasteiger charge is 2.28. The van der Waals surface area contributed by atoms with Gasteiger partial charge in [-0.1, -0.05) is 0 Å². The molecule has 0 unspecified atom stereocenters. The van der Waals surface area contributed by atoms with Gasteiger partial charge in [-0.25, -0.2) is 4.79 Å². The fourth-order valence-corrected chi connectivity index (χ4v) is 1.28. The summed E-state index contributed by atoms with van der Waals surface area (Å²) in [5.74, 6) is -0.649. The number of rotatable bonds is 3. The van der Waals surface area contributed by atoms with Crippen LogP contribution in [0.3, 0.4) is 0 Å². The number of nitrogens with zero attached hydrogens (tertiary/aromatic N) is 2. The molecule has 0 spiro atoms. The third kappa shape index (κ3) is 2.19. The Balaban J connectivity index is 3.17. The summed E-state index contributed by atoms with van der Waals surface area (Å²) >= 11 is 0. The van der Waals surface area contributed by atoms with Crippen molar-refractivity contribution in [3.63, 3.8) is 0 Å². The molecule has 0 atom stereocenters. The number of carbonyl (C=O) groups is 1. The molecule has 1 aromatic rings. The Bertz CT molecular complexity index is 375. The van der Waals surface area contributed by atoms with E-state index >= 15 is 0 Å². The Labute approximate surface area is 87.6 Å². The predicted molar refractivity (Wildman–Crippen MR) is 53.7 cm³/mol. The second-order valence-electron chi connectivity index (χ2n) is 3.07. The molecule has 0 saturated heterocycles. The fourth-order valence-electron chi connectivity index (χ4n) is 1.28. The van der Waals surface area contributed by atoms with Crippen LogP contribution in [0.4, 0.5) is 0 Å². The zero-order valence-electron chi connectivity index (χ0n) is 8.89. The van der Waals surface area contributed by atoms with Crippen molar-refractivity contribution >= 4 is 18.6 Å². The van der Waals surface area contributed by atoms with E-state index in [-0.39, 0.29) is 17.8 Å². The van der Waals surface area contributed by atoms with Crippen LogP contribution in [-0.4, -0.2) is 39.5 Å². The summed E-state index contributed by atoms with van der Waals surface area (Å²) in [5.41, 5.74) is 0.566. The first-order chi connectivity index (χ1) is 6.99. The van der Waals surface area contributed by atoms with Crippen LogP contribution in [0.5, 0.6) is 0 Å². The summed E-state index contributed by atoms with van der Waals surface area (Å²) in [4.78, 5) is 11.4. The molecule has 1 heterocycles. The molecular weight excluding hydrogens is 199 g/mol. The van der Waals surface area contributed by atoms with Crippen molar-refractivity contribution < 1.29 is 19.6 Å². The van der Waals surface area contributed by atoms with Crippen molar-refractivity contribution in [2.75, 3.05) is 6.61 Å². The van der Waals surface area contributed by atoms with Crippen LogP contribution in [0, 0.1) is 6.92 Å². The molecule has 2 N–H and O–H groups in total. The number of carbonyl (C=O) groups excluding carboxylic acids is 1. The lowest BCUT2D eigenvalue weighted by Gasteiger charge is -2.01. The number of hydrogen-bond donors (Lipinski definition) is 2. The summed E-state index contributed by atoms with van der Waals surface area (Å²) in [6, 6.07) is 0. The van der Waals surface area contributed by atoms with Gasteiger partial charge in [-0.05, 0) is 13.8 Å². The zero-order chi connectivity index (χ0) is 11.6. The van der Waals surface area contributed by atoms with Gasteiger partial charge in [0.25, 0.3) is 0 Å². The van der Waals surface area contributed by atoms with Crippen molar-refractivity contribution in [2.45, 2.75) is 13.8 Å². The van der Waals surface area contributed by atoms with Gasteiger partial charge in [0.2, 0.25) is 0 Å². The Hall–Kier alpha value is -1.34. The molecular formula is C8H13BN2O4. The molecule has 6 nitrogen and oxygen atoms in total. The largest absolute Gasteiger partial charge is 0.492 e. The minimum atomic E-state index is -1.72. The lowest BCUT2D eigenvalue weighted by atomic mass is 9.78. The number of aryl methyl sites for hydroxylation is 1. The minimum absolute atomic E-state index is 0.0492. The first kappa shape index (κ1) is 11.7. The second kappa shape index (κ2) is 4.46. The van der Waals surface area contributed by atoms with Crippen LogP contribution in [0.2, 0.25) is 0 Å². The van der Waals surface area contributed by atoms with E-state index in [0.29, 0.717) is 5.69 Å². The molecule has 0 radical (unpaired) electrons. The summed E-state index contributed by atoms with van der Waals surface area (Å²) in [7, 11) is -0.109. The number of hydrogen-bond acceptors (Lipinski definition) is 5. The van der Waals surface area contributed by atoms with E-state index in [1.165, 1.54) is 4.68 Å². The maximum atomic E-state index is 11.4. The SMILES string of the molecule is CCOC(=O)c1nn(C)c(C)c1B(O)O. The molecule has 15 heavy (non-hydrogen) atoms. The topological polar surface area (TPSA) is 84.6 Å². The standard InChI is InChI=1S/C8H13BN2O4/c1-4-15-8(12)7-6(9(13)14)5(2)11(3)10-7/h13-14H,4H2,1-3H3. The normalized spacial score (nSPS) is 10.2. The lowest BCUT2D eigenvalue weighted by Crippen LogP contribution is -2.35. The Morgan fingerprint density at radius 1 is 1.60 bits per heavy atom. The smallest absolute Gasteiger partial charge is 0.461 e. The molecule has 0 aliphatic carbocycles.